The van der Waals surface area contributed by atoms with E-state index < -0.39 is 6.10 Å². The second-order valence-electron chi connectivity index (χ2n) is 4.34. The SMILES string of the molecule is CCC(CCO)NC(=O)C(C)Oc1ccc(Cl)cc1. The van der Waals surface area contributed by atoms with Crippen LogP contribution in [0.15, 0.2) is 24.3 Å². The number of aliphatic hydroxyl groups excluding tert-OH is 1. The lowest BCUT2D eigenvalue weighted by molar-refractivity contribution is -0.128. The minimum Gasteiger partial charge on any atom is -0.481 e. The molecule has 1 amide bonds. The minimum absolute atomic E-state index is 0.0197. The zero-order valence-corrected chi connectivity index (χ0v) is 12.0. The summed E-state index contributed by atoms with van der Waals surface area (Å²) in [6.07, 6.45) is 0.740. The number of aliphatic hydroxyl groups is 1. The van der Waals surface area contributed by atoms with Gasteiger partial charge in [0.05, 0.1) is 0 Å². The number of ether oxygens (including phenoxy) is 1. The minimum atomic E-state index is -0.589. The summed E-state index contributed by atoms with van der Waals surface area (Å²) in [5.74, 6) is 0.414. The van der Waals surface area contributed by atoms with Gasteiger partial charge in [0, 0.05) is 17.7 Å². The average molecular weight is 286 g/mol. The van der Waals surface area contributed by atoms with E-state index in [2.05, 4.69) is 5.32 Å². The number of hydrogen-bond donors (Lipinski definition) is 2. The highest BCUT2D eigenvalue weighted by Crippen LogP contribution is 2.16. The lowest BCUT2D eigenvalue weighted by Crippen LogP contribution is -2.42. The first-order valence-electron chi connectivity index (χ1n) is 6.40. The molecular formula is C14H20ClNO3. The first kappa shape index (κ1) is 15.8. The lowest BCUT2D eigenvalue weighted by Gasteiger charge is -2.20. The van der Waals surface area contributed by atoms with Crippen molar-refractivity contribution in [1.82, 2.24) is 5.32 Å². The molecule has 1 aromatic carbocycles. The number of rotatable bonds is 7. The topological polar surface area (TPSA) is 58.6 Å². The van der Waals surface area contributed by atoms with Crippen molar-refractivity contribution in [3.8, 4) is 5.75 Å². The molecule has 0 heterocycles. The molecule has 0 aliphatic heterocycles. The van der Waals surface area contributed by atoms with E-state index in [4.69, 9.17) is 21.4 Å². The number of carbonyl (C=O) groups excluding carboxylic acids is 1. The molecule has 2 unspecified atom stereocenters. The summed E-state index contributed by atoms with van der Waals surface area (Å²) in [5.41, 5.74) is 0. The Kier molecular flexibility index (Phi) is 6.67. The standard InChI is InChI=1S/C14H20ClNO3/c1-3-12(8-9-17)16-14(18)10(2)19-13-6-4-11(15)5-7-13/h4-7,10,12,17H,3,8-9H2,1-2H3,(H,16,18). The van der Waals surface area contributed by atoms with Gasteiger partial charge in [0.25, 0.3) is 5.91 Å². The molecule has 0 fully saturated rings. The lowest BCUT2D eigenvalue weighted by atomic mass is 10.1. The van der Waals surface area contributed by atoms with Crippen LogP contribution in [0.25, 0.3) is 0 Å². The molecule has 0 saturated carbocycles. The van der Waals surface area contributed by atoms with Gasteiger partial charge >= 0.3 is 0 Å². The summed E-state index contributed by atoms with van der Waals surface area (Å²) in [6.45, 7) is 3.71. The molecule has 0 spiro atoms. The highest BCUT2D eigenvalue weighted by molar-refractivity contribution is 6.30. The third-order valence-electron chi connectivity index (χ3n) is 2.81. The first-order valence-corrected chi connectivity index (χ1v) is 6.78. The van der Waals surface area contributed by atoms with Crippen LogP contribution < -0.4 is 10.1 Å². The van der Waals surface area contributed by atoms with Gasteiger partial charge < -0.3 is 15.2 Å². The van der Waals surface area contributed by atoms with Crippen LogP contribution in [0.5, 0.6) is 5.75 Å². The van der Waals surface area contributed by atoms with E-state index in [9.17, 15) is 4.79 Å². The fourth-order valence-corrected chi connectivity index (χ4v) is 1.75. The van der Waals surface area contributed by atoms with Crippen molar-refractivity contribution < 1.29 is 14.6 Å². The van der Waals surface area contributed by atoms with Crippen LogP contribution in [0.1, 0.15) is 26.7 Å². The summed E-state index contributed by atoms with van der Waals surface area (Å²) >= 11 is 5.77. The highest BCUT2D eigenvalue weighted by atomic mass is 35.5. The molecular weight excluding hydrogens is 266 g/mol. The van der Waals surface area contributed by atoms with Crippen LogP contribution in [-0.2, 0) is 4.79 Å². The van der Waals surface area contributed by atoms with Crippen LogP contribution in [0.4, 0.5) is 0 Å². The third kappa shape index (κ3) is 5.49. The largest absolute Gasteiger partial charge is 0.481 e. The van der Waals surface area contributed by atoms with E-state index in [0.29, 0.717) is 17.2 Å². The maximum atomic E-state index is 11.9. The summed E-state index contributed by atoms with van der Waals surface area (Å²) in [5, 5.41) is 12.4. The van der Waals surface area contributed by atoms with Gasteiger partial charge in [-0.25, -0.2) is 0 Å². The van der Waals surface area contributed by atoms with Crippen molar-refractivity contribution >= 4 is 17.5 Å². The van der Waals surface area contributed by atoms with Crippen LogP contribution in [0, 0.1) is 0 Å². The molecule has 0 aliphatic carbocycles. The zero-order chi connectivity index (χ0) is 14.3. The van der Waals surface area contributed by atoms with E-state index in [1.165, 1.54) is 0 Å². The van der Waals surface area contributed by atoms with Gasteiger partial charge in [0.2, 0.25) is 0 Å². The zero-order valence-electron chi connectivity index (χ0n) is 11.2. The van der Waals surface area contributed by atoms with Crippen molar-refractivity contribution in [3.05, 3.63) is 29.3 Å². The van der Waals surface area contributed by atoms with E-state index in [0.717, 1.165) is 6.42 Å². The number of carbonyl (C=O) groups is 1. The van der Waals surface area contributed by atoms with Crippen LogP contribution in [0.3, 0.4) is 0 Å². The van der Waals surface area contributed by atoms with Crippen LogP contribution in [-0.4, -0.2) is 29.8 Å². The van der Waals surface area contributed by atoms with Crippen molar-refractivity contribution in [2.75, 3.05) is 6.61 Å². The smallest absolute Gasteiger partial charge is 0.260 e. The fourth-order valence-electron chi connectivity index (χ4n) is 1.62. The van der Waals surface area contributed by atoms with E-state index >= 15 is 0 Å². The molecule has 1 rings (SSSR count). The molecule has 0 saturated heterocycles. The van der Waals surface area contributed by atoms with Crippen LogP contribution in [0.2, 0.25) is 5.02 Å². The number of hydrogen-bond acceptors (Lipinski definition) is 3. The number of nitrogens with one attached hydrogen (secondary N) is 1. The highest BCUT2D eigenvalue weighted by Gasteiger charge is 2.17. The molecule has 4 nitrogen and oxygen atoms in total. The Morgan fingerprint density at radius 2 is 2.05 bits per heavy atom. The van der Waals surface area contributed by atoms with Gasteiger partial charge in [-0.05, 0) is 44.0 Å². The van der Waals surface area contributed by atoms with Gasteiger partial charge in [-0.2, -0.15) is 0 Å². The average Bonchev–Trinajstić information content (AvgIpc) is 2.40. The Morgan fingerprint density at radius 3 is 2.58 bits per heavy atom. The number of halogens is 1. The van der Waals surface area contributed by atoms with Gasteiger partial charge in [-0.15, -0.1) is 0 Å². The second-order valence-corrected chi connectivity index (χ2v) is 4.78. The summed E-state index contributed by atoms with van der Waals surface area (Å²) < 4.78 is 5.52. The van der Waals surface area contributed by atoms with Gasteiger partial charge in [0.15, 0.2) is 6.10 Å². The molecule has 1 aromatic rings. The molecule has 2 N–H and O–H groups in total. The Morgan fingerprint density at radius 1 is 1.42 bits per heavy atom. The molecule has 19 heavy (non-hydrogen) atoms. The first-order chi connectivity index (χ1) is 9.06. The Balaban J connectivity index is 2.50. The monoisotopic (exact) mass is 285 g/mol. The predicted octanol–water partition coefficient (Wildman–Crippen LogP) is 2.38. The molecule has 0 aromatic heterocycles. The summed E-state index contributed by atoms with van der Waals surface area (Å²) in [6, 6.07) is 6.84. The molecule has 0 bridgehead atoms. The van der Waals surface area contributed by atoms with Crippen molar-refractivity contribution in [1.29, 1.82) is 0 Å². The molecule has 2 atom stereocenters. The summed E-state index contributed by atoms with van der Waals surface area (Å²) in [7, 11) is 0. The maximum absolute atomic E-state index is 11.9. The summed E-state index contributed by atoms with van der Waals surface area (Å²) in [4.78, 5) is 11.9. The molecule has 0 aliphatic rings. The quantitative estimate of drug-likeness (QED) is 0.809. The van der Waals surface area contributed by atoms with Crippen molar-refractivity contribution in [2.24, 2.45) is 0 Å². The van der Waals surface area contributed by atoms with Gasteiger partial charge in [0.1, 0.15) is 5.75 Å². The number of benzene rings is 1. The Labute approximate surface area is 118 Å². The van der Waals surface area contributed by atoms with E-state index in [1.54, 1.807) is 31.2 Å². The predicted molar refractivity (Wildman–Crippen MR) is 75.5 cm³/mol. The Hall–Kier alpha value is -1.26. The van der Waals surface area contributed by atoms with Crippen LogP contribution >= 0.6 is 11.6 Å². The molecule has 0 radical (unpaired) electrons. The maximum Gasteiger partial charge on any atom is 0.260 e. The van der Waals surface area contributed by atoms with Gasteiger partial charge in [-0.3, -0.25) is 4.79 Å². The second kappa shape index (κ2) is 8.02. The van der Waals surface area contributed by atoms with E-state index in [-0.39, 0.29) is 18.6 Å². The Bertz CT molecular complexity index is 394. The molecule has 106 valence electrons. The normalized spacial score (nSPS) is 13.7. The van der Waals surface area contributed by atoms with E-state index in [1.807, 2.05) is 6.92 Å². The molecule has 5 heteroatoms. The number of amides is 1. The fraction of sp³-hybridized carbons (Fsp3) is 0.500. The van der Waals surface area contributed by atoms with Gasteiger partial charge in [-0.1, -0.05) is 18.5 Å². The third-order valence-corrected chi connectivity index (χ3v) is 3.06. The van der Waals surface area contributed by atoms with Crippen molar-refractivity contribution in [2.45, 2.75) is 38.8 Å². The van der Waals surface area contributed by atoms with Crippen molar-refractivity contribution in [3.63, 3.8) is 0 Å².